The van der Waals surface area contributed by atoms with E-state index in [1.165, 1.54) is 29.8 Å². The molecule has 3 rings (SSSR count). The van der Waals surface area contributed by atoms with E-state index in [0.717, 1.165) is 0 Å². The molecule has 0 spiro atoms. The number of carbonyl (C=O) groups is 2. The van der Waals surface area contributed by atoms with Crippen molar-refractivity contribution >= 4 is 11.8 Å². The van der Waals surface area contributed by atoms with E-state index in [4.69, 9.17) is 4.74 Å². The van der Waals surface area contributed by atoms with Crippen LogP contribution in [-0.2, 0) is 4.79 Å². The lowest BCUT2D eigenvalue weighted by Crippen LogP contribution is -2.43. The Hall–Kier alpha value is -2.89. The van der Waals surface area contributed by atoms with Crippen molar-refractivity contribution in [3.8, 4) is 5.75 Å². The molecule has 1 fully saturated rings. The van der Waals surface area contributed by atoms with Gasteiger partial charge in [-0.2, -0.15) is 0 Å². The van der Waals surface area contributed by atoms with Gasteiger partial charge in [0.25, 0.3) is 11.8 Å². The van der Waals surface area contributed by atoms with Gasteiger partial charge in [0.2, 0.25) is 0 Å². The van der Waals surface area contributed by atoms with Crippen molar-refractivity contribution in [2.75, 3.05) is 26.2 Å². The number of carbonyl (C=O) groups excluding carboxylic acids is 2. The number of rotatable bonds is 5. The number of hydrogen-bond donors (Lipinski definition) is 0. The molecule has 0 N–H and O–H groups in total. The predicted molar refractivity (Wildman–Crippen MR) is 114 cm³/mol. The van der Waals surface area contributed by atoms with Gasteiger partial charge in [-0.3, -0.25) is 9.59 Å². The summed E-state index contributed by atoms with van der Waals surface area (Å²) >= 11 is 0. The van der Waals surface area contributed by atoms with Crippen LogP contribution in [0.1, 0.15) is 49.0 Å². The molecular formula is C24H29FN2O3. The third kappa shape index (κ3) is 5.38. The fourth-order valence-corrected chi connectivity index (χ4v) is 3.56. The van der Waals surface area contributed by atoms with Gasteiger partial charge in [0.1, 0.15) is 11.6 Å². The van der Waals surface area contributed by atoms with Crippen LogP contribution >= 0.6 is 0 Å². The summed E-state index contributed by atoms with van der Waals surface area (Å²) < 4.78 is 19.0. The van der Waals surface area contributed by atoms with E-state index < -0.39 is 6.10 Å². The molecule has 6 heteroatoms. The minimum atomic E-state index is -0.603. The molecular weight excluding hydrogens is 383 g/mol. The highest BCUT2D eigenvalue weighted by Crippen LogP contribution is 2.20. The third-order valence-electron chi connectivity index (χ3n) is 5.39. The highest BCUT2D eigenvalue weighted by atomic mass is 19.1. The Labute approximate surface area is 177 Å². The fraction of sp³-hybridized carbons (Fsp3) is 0.417. The minimum absolute atomic E-state index is 0.0842. The van der Waals surface area contributed by atoms with E-state index in [-0.39, 0.29) is 17.6 Å². The van der Waals surface area contributed by atoms with E-state index in [0.29, 0.717) is 49.8 Å². The van der Waals surface area contributed by atoms with Crippen LogP contribution in [0.5, 0.6) is 5.75 Å². The molecule has 1 aliphatic heterocycles. The maximum absolute atomic E-state index is 13.1. The van der Waals surface area contributed by atoms with Crippen molar-refractivity contribution in [2.24, 2.45) is 0 Å². The summed E-state index contributed by atoms with van der Waals surface area (Å²) in [6.07, 6.45) is 0.0864. The Kier molecular flexibility index (Phi) is 7.08. The first kappa shape index (κ1) is 21.8. The first-order valence-corrected chi connectivity index (χ1v) is 10.5. The first-order chi connectivity index (χ1) is 14.3. The zero-order chi connectivity index (χ0) is 21.7. The van der Waals surface area contributed by atoms with Gasteiger partial charge in [-0.1, -0.05) is 26.0 Å². The van der Waals surface area contributed by atoms with Gasteiger partial charge in [-0.25, -0.2) is 4.39 Å². The summed E-state index contributed by atoms with van der Waals surface area (Å²) in [5, 5.41) is 0. The molecule has 1 unspecified atom stereocenters. The highest BCUT2D eigenvalue weighted by molar-refractivity contribution is 5.94. The zero-order valence-corrected chi connectivity index (χ0v) is 17.8. The summed E-state index contributed by atoms with van der Waals surface area (Å²) in [7, 11) is 0. The monoisotopic (exact) mass is 412 g/mol. The number of benzene rings is 2. The molecule has 5 nitrogen and oxygen atoms in total. The van der Waals surface area contributed by atoms with Crippen LogP contribution in [-0.4, -0.2) is 53.9 Å². The topological polar surface area (TPSA) is 49.9 Å². The predicted octanol–water partition coefficient (Wildman–Crippen LogP) is 4.09. The van der Waals surface area contributed by atoms with E-state index in [1.54, 1.807) is 16.7 Å². The van der Waals surface area contributed by atoms with E-state index in [1.807, 2.05) is 24.3 Å². The van der Waals surface area contributed by atoms with E-state index >= 15 is 0 Å². The van der Waals surface area contributed by atoms with Crippen molar-refractivity contribution in [3.05, 3.63) is 65.5 Å². The maximum Gasteiger partial charge on any atom is 0.263 e. The number of amides is 2. The Balaban J connectivity index is 1.56. The normalized spacial score (nSPS) is 15.6. The van der Waals surface area contributed by atoms with Crippen LogP contribution < -0.4 is 4.74 Å². The lowest BCUT2D eigenvalue weighted by molar-refractivity contribution is -0.137. The van der Waals surface area contributed by atoms with Gasteiger partial charge in [0, 0.05) is 31.7 Å². The van der Waals surface area contributed by atoms with Gasteiger partial charge in [-0.15, -0.1) is 0 Å². The summed E-state index contributed by atoms with van der Waals surface area (Å²) in [6.45, 7) is 8.05. The second-order valence-corrected chi connectivity index (χ2v) is 7.96. The van der Waals surface area contributed by atoms with E-state index in [2.05, 4.69) is 13.8 Å². The zero-order valence-electron chi connectivity index (χ0n) is 17.8. The molecule has 0 radical (unpaired) electrons. The molecule has 1 aliphatic rings. The second-order valence-electron chi connectivity index (χ2n) is 7.96. The summed E-state index contributed by atoms with van der Waals surface area (Å²) in [4.78, 5) is 29.0. The van der Waals surface area contributed by atoms with Gasteiger partial charge in [0.05, 0.1) is 0 Å². The molecule has 0 aliphatic carbocycles. The number of nitrogens with zero attached hydrogens (tertiary/aromatic N) is 2. The van der Waals surface area contributed by atoms with Gasteiger partial charge >= 0.3 is 0 Å². The summed E-state index contributed by atoms with van der Waals surface area (Å²) in [5.41, 5.74) is 1.68. The fourth-order valence-electron chi connectivity index (χ4n) is 3.56. The summed E-state index contributed by atoms with van der Waals surface area (Å²) in [5.74, 6) is 0.517. The van der Waals surface area contributed by atoms with Crippen LogP contribution in [0.3, 0.4) is 0 Å². The molecule has 1 atom stereocenters. The van der Waals surface area contributed by atoms with Crippen LogP contribution in [0.2, 0.25) is 0 Å². The summed E-state index contributed by atoms with van der Waals surface area (Å²) in [6, 6.07) is 13.4. The molecule has 2 amide bonds. The first-order valence-electron chi connectivity index (χ1n) is 10.5. The van der Waals surface area contributed by atoms with Crippen molar-refractivity contribution < 1.29 is 18.7 Å². The molecule has 1 heterocycles. The molecule has 2 aromatic carbocycles. The Morgan fingerprint density at radius 2 is 1.47 bits per heavy atom. The molecule has 1 saturated heterocycles. The lowest BCUT2D eigenvalue weighted by atomic mass is 10.0. The number of ether oxygens (including phenoxy) is 1. The van der Waals surface area contributed by atoms with Gasteiger partial charge in [0.15, 0.2) is 6.10 Å². The molecule has 2 aromatic rings. The molecule has 0 bridgehead atoms. The van der Waals surface area contributed by atoms with Gasteiger partial charge < -0.3 is 14.5 Å². The van der Waals surface area contributed by atoms with Crippen molar-refractivity contribution in [3.63, 3.8) is 0 Å². The van der Waals surface area contributed by atoms with Gasteiger partial charge in [-0.05, 0) is 61.2 Å². The number of hydrogen-bond acceptors (Lipinski definition) is 3. The Bertz CT molecular complexity index is 865. The standard InChI is InChI=1S/C24H29FN2O3/c1-17(2)19-7-11-22(12-8-19)30-18(3)23(28)26-13-4-14-27(16-15-26)24(29)20-5-9-21(25)10-6-20/h5-12,17-18H,4,13-16H2,1-3H3. The SMILES string of the molecule is CC(Oc1ccc(C(C)C)cc1)C(=O)N1CCCN(C(=O)c2ccc(F)cc2)CC1. The van der Waals surface area contributed by atoms with Crippen molar-refractivity contribution in [2.45, 2.75) is 39.2 Å². The molecule has 160 valence electrons. The third-order valence-corrected chi connectivity index (χ3v) is 5.39. The molecule has 0 saturated carbocycles. The second kappa shape index (κ2) is 9.74. The van der Waals surface area contributed by atoms with Crippen molar-refractivity contribution in [1.82, 2.24) is 9.80 Å². The maximum atomic E-state index is 13.1. The Morgan fingerprint density at radius 3 is 2.10 bits per heavy atom. The van der Waals surface area contributed by atoms with Crippen LogP contribution in [0.4, 0.5) is 4.39 Å². The van der Waals surface area contributed by atoms with Crippen LogP contribution in [0, 0.1) is 5.82 Å². The van der Waals surface area contributed by atoms with E-state index in [9.17, 15) is 14.0 Å². The van der Waals surface area contributed by atoms with Crippen LogP contribution in [0.25, 0.3) is 0 Å². The molecule has 0 aromatic heterocycles. The average Bonchev–Trinajstić information content (AvgIpc) is 3.00. The molecule has 30 heavy (non-hydrogen) atoms. The minimum Gasteiger partial charge on any atom is -0.481 e. The average molecular weight is 413 g/mol. The van der Waals surface area contributed by atoms with Crippen molar-refractivity contribution in [1.29, 1.82) is 0 Å². The largest absolute Gasteiger partial charge is 0.481 e. The highest BCUT2D eigenvalue weighted by Gasteiger charge is 2.26. The van der Waals surface area contributed by atoms with Crippen LogP contribution in [0.15, 0.2) is 48.5 Å². The lowest BCUT2D eigenvalue weighted by Gasteiger charge is -2.25. The smallest absolute Gasteiger partial charge is 0.263 e. The quantitative estimate of drug-likeness (QED) is 0.743. The number of halogens is 1. The Morgan fingerprint density at radius 1 is 0.867 bits per heavy atom.